The Morgan fingerprint density at radius 2 is 1.92 bits per heavy atom. The van der Waals surface area contributed by atoms with Crippen molar-refractivity contribution in [2.45, 2.75) is 40.5 Å². The lowest BCUT2D eigenvalue weighted by molar-refractivity contribution is 0.378. The molecule has 0 fully saturated rings. The molecule has 72 valence electrons. The Morgan fingerprint density at radius 1 is 1.23 bits per heavy atom. The van der Waals surface area contributed by atoms with Crippen LogP contribution in [0.25, 0.3) is 6.08 Å². The number of allylic oxidation sites excluding steroid dienone is 1. The van der Waals surface area contributed by atoms with Crippen LogP contribution in [0.1, 0.15) is 44.2 Å². The Hall–Kier alpha value is -1.05. The van der Waals surface area contributed by atoms with Crippen molar-refractivity contribution in [2.24, 2.45) is 0 Å². The minimum absolute atomic E-state index is 1.01. The fourth-order valence-corrected chi connectivity index (χ4v) is 1.42. The van der Waals surface area contributed by atoms with Gasteiger partial charge >= 0.3 is 0 Å². The van der Waals surface area contributed by atoms with Gasteiger partial charge in [-0.2, -0.15) is 0 Å². The third-order valence-electron chi connectivity index (χ3n) is 2.12. The maximum Gasteiger partial charge on any atom is 0.144 e. The van der Waals surface area contributed by atoms with Crippen LogP contribution in [-0.2, 0) is 6.42 Å². The van der Waals surface area contributed by atoms with Crippen LogP contribution in [0.4, 0.5) is 0 Å². The van der Waals surface area contributed by atoms with E-state index in [4.69, 9.17) is 4.52 Å². The molecule has 0 amide bonds. The Balaban J connectivity index is 0.000000396. The zero-order valence-corrected chi connectivity index (χ0v) is 8.85. The molecule has 2 nitrogen and oxygen atoms in total. The monoisotopic (exact) mass is 179 g/mol. The molecule has 0 spiro atoms. The zero-order chi connectivity index (χ0) is 9.84. The van der Waals surface area contributed by atoms with E-state index in [9.17, 15) is 0 Å². The summed E-state index contributed by atoms with van der Waals surface area (Å²) in [6, 6.07) is 0. The van der Waals surface area contributed by atoms with Gasteiger partial charge in [0, 0.05) is 12.0 Å². The van der Waals surface area contributed by atoms with Gasteiger partial charge in [-0.1, -0.05) is 30.7 Å². The Kier molecular flexibility index (Phi) is 3.29. The second-order valence-corrected chi connectivity index (χ2v) is 3.10. The fraction of sp³-hybridized carbons (Fsp3) is 0.545. The SMILES string of the molecule is CC.CC1=Cc2c(C)noc2CC1. The molecule has 2 rings (SSSR count). The molecule has 1 heterocycles. The summed E-state index contributed by atoms with van der Waals surface area (Å²) < 4.78 is 5.14. The van der Waals surface area contributed by atoms with Crippen molar-refractivity contribution in [2.75, 3.05) is 0 Å². The molecule has 0 atom stereocenters. The van der Waals surface area contributed by atoms with Crippen LogP contribution in [0.5, 0.6) is 0 Å². The first kappa shape index (κ1) is 10.0. The normalized spacial score (nSPS) is 14.0. The molecule has 13 heavy (non-hydrogen) atoms. The summed E-state index contributed by atoms with van der Waals surface area (Å²) in [4.78, 5) is 0. The van der Waals surface area contributed by atoms with Crippen LogP contribution in [0, 0.1) is 6.92 Å². The quantitative estimate of drug-likeness (QED) is 0.610. The Bertz CT molecular complexity index is 310. The Labute approximate surface area is 79.6 Å². The van der Waals surface area contributed by atoms with Gasteiger partial charge in [0.2, 0.25) is 0 Å². The molecule has 1 aliphatic rings. The lowest BCUT2D eigenvalue weighted by Gasteiger charge is -2.06. The molecule has 2 heteroatoms. The number of nitrogens with zero attached hydrogens (tertiary/aromatic N) is 1. The lowest BCUT2D eigenvalue weighted by Crippen LogP contribution is -1.94. The first-order valence-corrected chi connectivity index (χ1v) is 4.89. The van der Waals surface area contributed by atoms with Gasteiger partial charge in [-0.25, -0.2) is 0 Å². The van der Waals surface area contributed by atoms with Crippen molar-refractivity contribution >= 4 is 6.08 Å². The maximum absolute atomic E-state index is 5.14. The van der Waals surface area contributed by atoms with Gasteiger partial charge in [-0.15, -0.1) is 0 Å². The molecule has 0 radical (unpaired) electrons. The van der Waals surface area contributed by atoms with Crippen LogP contribution >= 0.6 is 0 Å². The van der Waals surface area contributed by atoms with Crippen LogP contribution in [0.2, 0.25) is 0 Å². The minimum atomic E-state index is 1.01. The smallest absolute Gasteiger partial charge is 0.144 e. The zero-order valence-electron chi connectivity index (χ0n) is 8.85. The van der Waals surface area contributed by atoms with E-state index in [0.717, 1.165) is 24.3 Å². The summed E-state index contributed by atoms with van der Waals surface area (Å²) >= 11 is 0. The summed E-state index contributed by atoms with van der Waals surface area (Å²) in [5.41, 5.74) is 3.64. The topological polar surface area (TPSA) is 26.0 Å². The van der Waals surface area contributed by atoms with Gasteiger partial charge in [0.15, 0.2) is 0 Å². The maximum atomic E-state index is 5.14. The van der Waals surface area contributed by atoms with E-state index in [1.807, 2.05) is 20.8 Å². The first-order valence-electron chi connectivity index (χ1n) is 4.89. The van der Waals surface area contributed by atoms with Crippen LogP contribution in [0.3, 0.4) is 0 Å². The average molecular weight is 179 g/mol. The van der Waals surface area contributed by atoms with Crippen LogP contribution in [-0.4, -0.2) is 5.16 Å². The van der Waals surface area contributed by atoms with Crippen LogP contribution < -0.4 is 0 Å². The van der Waals surface area contributed by atoms with Gasteiger partial charge in [0.1, 0.15) is 5.76 Å². The van der Waals surface area contributed by atoms with E-state index in [1.165, 1.54) is 11.1 Å². The summed E-state index contributed by atoms with van der Waals surface area (Å²) in [5, 5.41) is 3.91. The summed E-state index contributed by atoms with van der Waals surface area (Å²) in [6.45, 7) is 8.13. The van der Waals surface area contributed by atoms with E-state index >= 15 is 0 Å². The first-order chi connectivity index (χ1) is 6.27. The molecule has 1 aliphatic carbocycles. The largest absolute Gasteiger partial charge is 0.360 e. The third-order valence-corrected chi connectivity index (χ3v) is 2.12. The van der Waals surface area contributed by atoms with Crippen molar-refractivity contribution in [3.05, 3.63) is 22.6 Å². The van der Waals surface area contributed by atoms with Gasteiger partial charge in [0.25, 0.3) is 0 Å². The third kappa shape index (κ3) is 2.00. The minimum Gasteiger partial charge on any atom is -0.360 e. The molecule has 0 N–H and O–H groups in total. The molecule has 1 aromatic heterocycles. The van der Waals surface area contributed by atoms with Crippen molar-refractivity contribution in [1.82, 2.24) is 5.16 Å². The fourth-order valence-electron chi connectivity index (χ4n) is 1.42. The standard InChI is InChI=1S/C9H11NO.C2H6/c1-6-3-4-9-8(5-6)7(2)10-11-9;1-2/h5H,3-4H2,1-2H3;1-2H3. The van der Waals surface area contributed by atoms with Gasteiger partial charge < -0.3 is 4.52 Å². The van der Waals surface area contributed by atoms with Gasteiger partial charge in [-0.3, -0.25) is 0 Å². The highest BCUT2D eigenvalue weighted by atomic mass is 16.5. The highest BCUT2D eigenvalue weighted by Crippen LogP contribution is 2.25. The van der Waals surface area contributed by atoms with Crippen molar-refractivity contribution in [1.29, 1.82) is 0 Å². The highest BCUT2D eigenvalue weighted by Gasteiger charge is 2.14. The van der Waals surface area contributed by atoms with Crippen molar-refractivity contribution in [3.8, 4) is 0 Å². The second kappa shape index (κ2) is 4.26. The average Bonchev–Trinajstić information content (AvgIpc) is 2.52. The number of rotatable bonds is 0. The summed E-state index contributed by atoms with van der Waals surface area (Å²) in [7, 11) is 0. The summed E-state index contributed by atoms with van der Waals surface area (Å²) in [5.74, 6) is 1.05. The molecule has 0 unspecified atom stereocenters. The predicted molar refractivity (Wildman–Crippen MR) is 54.6 cm³/mol. The molecule has 0 bridgehead atoms. The number of fused-ring (bicyclic) bond motifs is 1. The van der Waals surface area contributed by atoms with Crippen LogP contribution in [0.15, 0.2) is 10.1 Å². The van der Waals surface area contributed by atoms with E-state index in [2.05, 4.69) is 18.2 Å². The molecule has 0 saturated heterocycles. The number of hydrogen-bond acceptors (Lipinski definition) is 2. The molecule has 0 saturated carbocycles. The molecule has 1 aromatic rings. The van der Waals surface area contributed by atoms with Crippen molar-refractivity contribution in [3.63, 3.8) is 0 Å². The van der Waals surface area contributed by atoms with E-state index < -0.39 is 0 Å². The molecular formula is C11H17NO. The summed E-state index contributed by atoms with van der Waals surface area (Å²) in [6.07, 6.45) is 4.30. The van der Waals surface area contributed by atoms with Gasteiger partial charge in [-0.05, 0) is 20.3 Å². The van der Waals surface area contributed by atoms with E-state index in [-0.39, 0.29) is 0 Å². The molecule has 0 aliphatic heterocycles. The second-order valence-electron chi connectivity index (χ2n) is 3.10. The number of aromatic nitrogens is 1. The number of hydrogen-bond donors (Lipinski definition) is 0. The Morgan fingerprint density at radius 3 is 2.62 bits per heavy atom. The highest BCUT2D eigenvalue weighted by molar-refractivity contribution is 5.58. The number of aryl methyl sites for hydroxylation is 2. The predicted octanol–water partition coefficient (Wildman–Crippen LogP) is 3.36. The van der Waals surface area contributed by atoms with E-state index in [1.54, 1.807) is 0 Å². The lowest BCUT2D eigenvalue weighted by atomic mass is 9.98. The molecular weight excluding hydrogens is 162 g/mol. The molecule has 0 aromatic carbocycles. The van der Waals surface area contributed by atoms with Crippen molar-refractivity contribution < 1.29 is 4.52 Å². The van der Waals surface area contributed by atoms with Gasteiger partial charge in [0.05, 0.1) is 5.69 Å². The van der Waals surface area contributed by atoms with E-state index in [0.29, 0.717) is 0 Å².